The van der Waals surface area contributed by atoms with E-state index in [1.165, 1.54) is 12.1 Å². The van der Waals surface area contributed by atoms with Gasteiger partial charge in [0.25, 0.3) is 0 Å². The summed E-state index contributed by atoms with van der Waals surface area (Å²) >= 11 is 0. The highest BCUT2D eigenvalue weighted by Gasteiger charge is 1.96. The van der Waals surface area contributed by atoms with Gasteiger partial charge in [-0.05, 0) is 35.0 Å². The summed E-state index contributed by atoms with van der Waals surface area (Å²) < 4.78 is 12.8. The number of hydrogen-bond donors (Lipinski definition) is 1. The molecule has 1 nitrogen and oxygen atoms in total. The first kappa shape index (κ1) is 8.05. The number of rotatable bonds is 1. The third-order valence-electron chi connectivity index (χ3n) is 2.09. The van der Waals surface area contributed by atoms with Crippen LogP contribution >= 0.6 is 0 Å². The Labute approximate surface area is 76.2 Å². The van der Waals surface area contributed by atoms with E-state index >= 15 is 0 Å². The smallest absolute Gasteiger partial charge is 0.123 e. The van der Waals surface area contributed by atoms with Crippen molar-refractivity contribution in [1.29, 1.82) is 0 Å². The zero-order valence-electron chi connectivity index (χ0n) is 7.34. The van der Waals surface area contributed by atoms with Gasteiger partial charge >= 0.3 is 0 Å². The van der Waals surface area contributed by atoms with Gasteiger partial charge in [0.15, 0.2) is 0 Å². The van der Waals surface area contributed by atoms with Crippen LogP contribution in [0.2, 0.25) is 0 Å². The molecule has 0 aliphatic heterocycles. The lowest BCUT2D eigenvalue weighted by atomic mass is 10.1. The molecule has 0 saturated carbocycles. The summed E-state index contributed by atoms with van der Waals surface area (Å²) in [6, 6.07) is 10.6. The molecular weight excluding hydrogens is 165 g/mol. The van der Waals surface area contributed by atoms with Crippen molar-refractivity contribution >= 4 is 16.5 Å². The Balaban J connectivity index is 2.66. The maximum Gasteiger partial charge on any atom is 0.123 e. The van der Waals surface area contributed by atoms with Crippen LogP contribution in [0.5, 0.6) is 0 Å². The lowest BCUT2D eigenvalue weighted by Gasteiger charge is -2.02. The summed E-state index contributed by atoms with van der Waals surface area (Å²) in [4.78, 5) is 0. The number of nitrogens with one attached hydrogen (secondary N) is 1. The van der Waals surface area contributed by atoms with E-state index in [1.807, 2.05) is 25.2 Å². The molecular formula is C11H10FN. The maximum atomic E-state index is 12.8. The second-order valence-corrected chi connectivity index (χ2v) is 2.96. The highest BCUT2D eigenvalue weighted by atomic mass is 19.1. The molecule has 0 heterocycles. The molecule has 1 N–H and O–H groups in total. The lowest BCUT2D eigenvalue weighted by molar-refractivity contribution is 0.630. The average molecular weight is 175 g/mol. The third kappa shape index (κ3) is 1.47. The number of halogens is 1. The second-order valence-electron chi connectivity index (χ2n) is 2.96. The Bertz CT molecular complexity index is 437. The van der Waals surface area contributed by atoms with Crippen LogP contribution in [0.4, 0.5) is 10.1 Å². The van der Waals surface area contributed by atoms with Crippen LogP contribution in [0.3, 0.4) is 0 Å². The van der Waals surface area contributed by atoms with Crippen molar-refractivity contribution < 1.29 is 4.39 Å². The fourth-order valence-corrected chi connectivity index (χ4v) is 1.37. The van der Waals surface area contributed by atoms with E-state index in [9.17, 15) is 4.39 Å². The number of hydrogen-bond acceptors (Lipinski definition) is 1. The molecule has 0 saturated heterocycles. The van der Waals surface area contributed by atoms with Crippen molar-refractivity contribution in [3.63, 3.8) is 0 Å². The molecule has 2 heteroatoms. The summed E-state index contributed by atoms with van der Waals surface area (Å²) in [7, 11) is 1.87. The predicted octanol–water partition coefficient (Wildman–Crippen LogP) is 3.02. The first-order valence-electron chi connectivity index (χ1n) is 4.17. The molecule has 2 aromatic carbocycles. The first-order chi connectivity index (χ1) is 6.29. The van der Waals surface area contributed by atoms with E-state index in [0.29, 0.717) is 0 Å². The summed E-state index contributed by atoms with van der Waals surface area (Å²) in [5.41, 5.74) is 1.04. The van der Waals surface area contributed by atoms with Gasteiger partial charge in [-0.25, -0.2) is 4.39 Å². The van der Waals surface area contributed by atoms with Crippen LogP contribution in [0.1, 0.15) is 0 Å². The summed E-state index contributed by atoms with van der Waals surface area (Å²) in [6.45, 7) is 0. The van der Waals surface area contributed by atoms with Gasteiger partial charge in [0.05, 0.1) is 0 Å². The van der Waals surface area contributed by atoms with Gasteiger partial charge in [0.2, 0.25) is 0 Å². The summed E-state index contributed by atoms with van der Waals surface area (Å²) in [6.07, 6.45) is 0. The molecule has 0 bridgehead atoms. The molecule has 0 unspecified atom stereocenters. The summed E-state index contributed by atoms with van der Waals surface area (Å²) in [5, 5.41) is 5.02. The van der Waals surface area contributed by atoms with Gasteiger partial charge in [0, 0.05) is 12.7 Å². The monoisotopic (exact) mass is 175 g/mol. The zero-order chi connectivity index (χ0) is 9.26. The van der Waals surface area contributed by atoms with Crippen molar-refractivity contribution in [2.45, 2.75) is 0 Å². The zero-order valence-corrected chi connectivity index (χ0v) is 7.34. The second kappa shape index (κ2) is 3.05. The SMILES string of the molecule is CNc1ccc2cc(F)ccc2c1. The molecule has 0 spiro atoms. The van der Waals surface area contributed by atoms with E-state index in [4.69, 9.17) is 0 Å². The first-order valence-corrected chi connectivity index (χ1v) is 4.17. The van der Waals surface area contributed by atoms with Crippen molar-refractivity contribution in [2.75, 3.05) is 12.4 Å². The molecule has 66 valence electrons. The van der Waals surface area contributed by atoms with Gasteiger partial charge in [-0.2, -0.15) is 0 Å². The van der Waals surface area contributed by atoms with Crippen molar-refractivity contribution in [2.24, 2.45) is 0 Å². The van der Waals surface area contributed by atoms with Gasteiger partial charge in [-0.3, -0.25) is 0 Å². The quantitative estimate of drug-likeness (QED) is 0.702. The van der Waals surface area contributed by atoms with Gasteiger partial charge in [0.1, 0.15) is 5.82 Å². The average Bonchev–Trinajstić information content (AvgIpc) is 2.17. The molecule has 0 aliphatic carbocycles. The molecule has 0 fully saturated rings. The fraction of sp³-hybridized carbons (Fsp3) is 0.0909. The summed E-state index contributed by atoms with van der Waals surface area (Å²) in [5.74, 6) is -0.190. The Morgan fingerprint density at radius 2 is 1.69 bits per heavy atom. The van der Waals surface area contributed by atoms with Gasteiger partial charge < -0.3 is 5.32 Å². The van der Waals surface area contributed by atoms with Crippen LogP contribution in [-0.4, -0.2) is 7.05 Å². The molecule has 0 radical (unpaired) electrons. The van der Waals surface area contributed by atoms with Crippen molar-refractivity contribution in [3.05, 3.63) is 42.2 Å². The number of fused-ring (bicyclic) bond motifs is 1. The van der Waals surface area contributed by atoms with Crippen LogP contribution in [0.15, 0.2) is 36.4 Å². The fourth-order valence-electron chi connectivity index (χ4n) is 1.37. The minimum atomic E-state index is -0.190. The van der Waals surface area contributed by atoms with Crippen LogP contribution in [0.25, 0.3) is 10.8 Å². The van der Waals surface area contributed by atoms with Crippen LogP contribution in [0, 0.1) is 5.82 Å². The van der Waals surface area contributed by atoms with Gasteiger partial charge in [-0.1, -0.05) is 12.1 Å². The Hall–Kier alpha value is -1.57. The molecule has 2 aromatic rings. The minimum absolute atomic E-state index is 0.190. The molecule has 0 aromatic heterocycles. The minimum Gasteiger partial charge on any atom is -0.388 e. The van der Waals surface area contributed by atoms with E-state index in [2.05, 4.69) is 5.32 Å². The molecule has 0 amide bonds. The lowest BCUT2D eigenvalue weighted by Crippen LogP contribution is -1.87. The number of benzene rings is 2. The Kier molecular flexibility index (Phi) is 1.89. The molecule has 0 atom stereocenters. The third-order valence-corrected chi connectivity index (χ3v) is 2.09. The Morgan fingerprint density at radius 1 is 1.00 bits per heavy atom. The van der Waals surface area contributed by atoms with Crippen molar-refractivity contribution in [1.82, 2.24) is 0 Å². The van der Waals surface area contributed by atoms with E-state index in [-0.39, 0.29) is 5.82 Å². The predicted molar refractivity (Wildman–Crippen MR) is 53.5 cm³/mol. The highest BCUT2D eigenvalue weighted by Crippen LogP contribution is 2.19. The maximum absolute atomic E-state index is 12.8. The largest absolute Gasteiger partial charge is 0.388 e. The standard InChI is InChI=1S/C11H10FN/c1-13-11-5-3-8-6-10(12)4-2-9(8)7-11/h2-7,13H,1H3. The normalized spacial score (nSPS) is 10.3. The Morgan fingerprint density at radius 3 is 2.46 bits per heavy atom. The molecule has 0 aliphatic rings. The molecule has 13 heavy (non-hydrogen) atoms. The van der Waals surface area contributed by atoms with Crippen molar-refractivity contribution in [3.8, 4) is 0 Å². The van der Waals surface area contributed by atoms with E-state index in [1.54, 1.807) is 6.07 Å². The topological polar surface area (TPSA) is 12.0 Å². The van der Waals surface area contributed by atoms with Crippen LogP contribution < -0.4 is 5.32 Å². The van der Waals surface area contributed by atoms with Crippen LogP contribution in [-0.2, 0) is 0 Å². The number of anilines is 1. The van der Waals surface area contributed by atoms with E-state index < -0.39 is 0 Å². The van der Waals surface area contributed by atoms with Gasteiger partial charge in [-0.15, -0.1) is 0 Å². The van der Waals surface area contributed by atoms with E-state index in [0.717, 1.165) is 16.5 Å². The highest BCUT2D eigenvalue weighted by molar-refractivity contribution is 5.85. The molecule has 2 rings (SSSR count).